The lowest BCUT2D eigenvalue weighted by atomic mass is 10.00. The molecule has 11 heteroatoms. The molecule has 1 aliphatic carbocycles. The number of alkyl halides is 2. The van der Waals surface area contributed by atoms with Gasteiger partial charge < -0.3 is 15.0 Å². The van der Waals surface area contributed by atoms with Crippen molar-refractivity contribution in [2.24, 2.45) is 5.41 Å². The molecule has 8 nitrogen and oxygen atoms in total. The van der Waals surface area contributed by atoms with Crippen molar-refractivity contribution in [2.75, 3.05) is 25.5 Å². The number of anilines is 1. The van der Waals surface area contributed by atoms with E-state index in [0.29, 0.717) is 51.3 Å². The van der Waals surface area contributed by atoms with Gasteiger partial charge in [0.05, 0.1) is 30.3 Å². The number of halogens is 3. The molecule has 2 aliphatic rings. The summed E-state index contributed by atoms with van der Waals surface area (Å²) in [6, 6.07) is 5.47. The zero-order valence-electron chi connectivity index (χ0n) is 20.2. The van der Waals surface area contributed by atoms with Crippen LogP contribution in [0.15, 0.2) is 36.8 Å². The minimum atomic E-state index is -2.69. The lowest BCUT2D eigenvalue weighted by molar-refractivity contribution is -0.131. The second kappa shape index (κ2) is 9.31. The first kappa shape index (κ1) is 24.4. The fraction of sp³-hybridized carbons (Fsp3) is 0.440. The van der Waals surface area contributed by atoms with Crippen LogP contribution in [0.2, 0.25) is 5.02 Å². The number of likely N-dealkylation sites (tertiary alicyclic amines) is 1. The van der Waals surface area contributed by atoms with Crippen molar-refractivity contribution in [1.82, 2.24) is 24.6 Å². The number of pyridine rings is 2. The molecule has 36 heavy (non-hydrogen) atoms. The highest BCUT2D eigenvalue weighted by Crippen LogP contribution is 2.54. The Hall–Kier alpha value is -3.27. The summed E-state index contributed by atoms with van der Waals surface area (Å²) in [5.74, 6) is 0.687. The Morgan fingerprint density at radius 2 is 2.08 bits per heavy atom. The van der Waals surface area contributed by atoms with Crippen molar-refractivity contribution in [1.29, 1.82) is 0 Å². The lowest BCUT2D eigenvalue weighted by Gasteiger charge is -2.22. The number of amides is 1. The number of hydrogen-bond acceptors (Lipinski definition) is 6. The van der Waals surface area contributed by atoms with E-state index in [1.807, 2.05) is 30.9 Å². The number of aromatic nitrogens is 4. The number of carbonyl (C=O) groups excluding carboxylic acids is 1. The molecule has 4 heterocycles. The van der Waals surface area contributed by atoms with Gasteiger partial charge in [-0.25, -0.2) is 14.6 Å². The number of ether oxygens (including phenoxy) is 1. The van der Waals surface area contributed by atoms with Crippen molar-refractivity contribution in [3.05, 3.63) is 53.1 Å². The molecule has 1 amide bonds. The zero-order chi connectivity index (χ0) is 25.6. The number of nitrogens with one attached hydrogen (secondary N) is 1. The monoisotopic (exact) mass is 516 g/mol. The third-order valence-corrected chi connectivity index (χ3v) is 7.59. The lowest BCUT2D eigenvalue weighted by Crippen LogP contribution is -2.34. The van der Waals surface area contributed by atoms with Crippen LogP contribution in [0.1, 0.15) is 43.5 Å². The summed E-state index contributed by atoms with van der Waals surface area (Å²) in [6.45, 7) is 2.24. The third-order valence-electron chi connectivity index (χ3n) is 7.28. The van der Waals surface area contributed by atoms with Crippen molar-refractivity contribution >= 4 is 23.3 Å². The Morgan fingerprint density at radius 3 is 2.72 bits per heavy atom. The first-order valence-corrected chi connectivity index (χ1v) is 12.1. The van der Waals surface area contributed by atoms with Crippen LogP contribution in [0.4, 0.5) is 14.6 Å². The van der Waals surface area contributed by atoms with Gasteiger partial charge in [0, 0.05) is 53.8 Å². The Bertz CT molecular complexity index is 1300. The summed E-state index contributed by atoms with van der Waals surface area (Å²) in [7, 11) is 1.53. The normalized spacial score (nSPS) is 19.1. The molecule has 2 fully saturated rings. The Labute approximate surface area is 212 Å². The van der Waals surface area contributed by atoms with Crippen LogP contribution in [-0.2, 0) is 4.79 Å². The highest BCUT2D eigenvalue weighted by molar-refractivity contribution is 6.31. The van der Waals surface area contributed by atoms with Crippen LogP contribution >= 0.6 is 11.6 Å². The van der Waals surface area contributed by atoms with Crippen molar-refractivity contribution < 1.29 is 18.3 Å². The summed E-state index contributed by atoms with van der Waals surface area (Å²) in [5, 5.41) is 7.67. The van der Waals surface area contributed by atoms with Crippen molar-refractivity contribution in [3.63, 3.8) is 0 Å². The molecular formula is C25H27ClF2N6O2. The molecule has 0 unspecified atom stereocenters. The minimum Gasteiger partial charge on any atom is -0.481 e. The summed E-state index contributed by atoms with van der Waals surface area (Å²) in [4.78, 5) is 24.1. The smallest absolute Gasteiger partial charge is 0.333 e. The number of rotatable bonds is 7. The maximum atomic E-state index is 13.4. The summed E-state index contributed by atoms with van der Waals surface area (Å²) >= 11 is 6.34. The number of aryl methyl sites for hydroxylation is 1. The van der Waals surface area contributed by atoms with Gasteiger partial charge in [-0.2, -0.15) is 13.9 Å². The van der Waals surface area contributed by atoms with Gasteiger partial charge in [-0.15, -0.1) is 0 Å². The highest BCUT2D eigenvalue weighted by atomic mass is 35.5. The average molecular weight is 517 g/mol. The predicted molar refractivity (Wildman–Crippen MR) is 131 cm³/mol. The van der Waals surface area contributed by atoms with E-state index < -0.39 is 12.5 Å². The third kappa shape index (κ3) is 4.50. The molecule has 0 radical (unpaired) electrons. The van der Waals surface area contributed by atoms with E-state index >= 15 is 0 Å². The SMILES string of the molecule is COc1cc([C@@H](C)C(=O)N2C[C@@H](Nc3ccc(-c4cnn(C(F)F)c4)c(C)n3)C3(CC3)C2)c(Cl)cn1. The highest BCUT2D eigenvalue weighted by Gasteiger charge is 2.56. The van der Waals surface area contributed by atoms with Gasteiger partial charge in [0.2, 0.25) is 11.8 Å². The quantitative estimate of drug-likeness (QED) is 0.480. The maximum absolute atomic E-state index is 13.4. The molecule has 1 saturated carbocycles. The maximum Gasteiger partial charge on any atom is 0.333 e. The number of hydrogen-bond donors (Lipinski definition) is 1. The summed E-state index contributed by atoms with van der Waals surface area (Å²) < 4.78 is 31.6. The van der Waals surface area contributed by atoms with Crippen LogP contribution in [0.25, 0.3) is 11.1 Å². The van der Waals surface area contributed by atoms with Crippen molar-refractivity contribution in [3.8, 4) is 17.0 Å². The van der Waals surface area contributed by atoms with E-state index in [1.54, 1.807) is 6.07 Å². The molecule has 0 bridgehead atoms. The van der Waals surface area contributed by atoms with E-state index in [1.165, 1.54) is 25.7 Å². The molecule has 1 saturated heterocycles. The predicted octanol–water partition coefficient (Wildman–Crippen LogP) is 4.91. The van der Waals surface area contributed by atoms with E-state index in [2.05, 4.69) is 20.4 Å². The molecule has 190 valence electrons. The van der Waals surface area contributed by atoms with Crippen LogP contribution in [0.5, 0.6) is 5.88 Å². The fourth-order valence-corrected chi connectivity index (χ4v) is 5.26. The molecule has 3 aromatic heterocycles. The van der Waals surface area contributed by atoms with Crippen LogP contribution in [-0.4, -0.2) is 56.8 Å². The number of nitrogens with zero attached hydrogens (tertiary/aromatic N) is 5. The van der Waals surface area contributed by atoms with E-state index in [-0.39, 0.29) is 17.4 Å². The standard InChI is InChI=1S/C25H27ClF2N6O2/c1-14(18-8-22(36-3)29-10-19(18)26)23(35)33-12-20(25(13-33)6-7-25)32-21-5-4-17(15(2)31-21)16-9-30-34(11-16)24(27)28/h4-5,8-11,14,20,24H,6-7,12-13H2,1-3H3,(H,31,32)/t14-,20-/m1/s1. The van der Waals surface area contributed by atoms with Gasteiger partial charge >= 0.3 is 6.55 Å². The van der Waals surface area contributed by atoms with Crippen LogP contribution in [0.3, 0.4) is 0 Å². The van der Waals surface area contributed by atoms with E-state index in [0.717, 1.165) is 18.4 Å². The number of carbonyl (C=O) groups is 1. The van der Waals surface area contributed by atoms with Gasteiger partial charge in [-0.1, -0.05) is 11.6 Å². The summed E-state index contributed by atoms with van der Waals surface area (Å²) in [6.07, 6.45) is 6.31. The second-order valence-electron chi connectivity index (χ2n) is 9.56. The Kier molecular flexibility index (Phi) is 6.32. The van der Waals surface area contributed by atoms with Gasteiger partial charge in [0.15, 0.2) is 0 Å². The largest absolute Gasteiger partial charge is 0.481 e. The average Bonchev–Trinajstić information content (AvgIpc) is 3.31. The Balaban J connectivity index is 1.30. The second-order valence-corrected chi connectivity index (χ2v) is 9.97. The summed E-state index contributed by atoms with van der Waals surface area (Å²) in [5.41, 5.74) is 2.76. The van der Waals surface area contributed by atoms with Crippen LogP contribution < -0.4 is 10.1 Å². The van der Waals surface area contributed by atoms with Gasteiger partial charge in [0.1, 0.15) is 5.82 Å². The molecule has 0 aromatic carbocycles. The molecule has 5 rings (SSSR count). The molecule has 1 N–H and O–H groups in total. The minimum absolute atomic E-state index is 0.0104. The van der Waals surface area contributed by atoms with E-state index in [4.69, 9.17) is 16.3 Å². The number of methoxy groups -OCH3 is 1. The van der Waals surface area contributed by atoms with Gasteiger partial charge in [-0.05, 0) is 44.4 Å². The molecule has 3 aromatic rings. The van der Waals surface area contributed by atoms with Crippen molar-refractivity contribution in [2.45, 2.75) is 45.2 Å². The fourth-order valence-electron chi connectivity index (χ4n) is 5.00. The molecule has 1 aliphatic heterocycles. The van der Waals surface area contributed by atoms with Gasteiger partial charge in [0.25, 0.3) is 0 Å². The molecule has 2 atom stereocenters. The first-order chi connectivity index (χ1) is 17.2. The van der Waals surface area contributed by atoms with Gasteiger partial charge in [-0.3, -0.25) is 4.79 Å². The first-order valence-electron chi connectivity index (χ1n) is 11.8. The zero-order valence-corrected chi connectivity index (χ0v) is 21.0. The Morgan fingerprint density at radius 1 is 1.31 bits per heavy atom. The molecular weight excluding hydrogens is 490 g/mol. The van der Waals surface area contributed by atoms with E-state index in [9.17, 15) is 13.6 Å². The molecule has 1 spiro atoms. The van der Waals surface area contributed by atoms with Crippen LogP contribution in [0, 0.1) is 12.3 Å². The topological polar surface area (TPSA) is 85.2 Å².